The molecule has 0 aliphatic carbocycles. The van der Waals surface area contributed by atoms with Gasteiger partial charge in [0.15, 0.2) is 16.4 Å². The predicted octanol–water partition coefficient (Wildman–Crippen LogP) is 4.14. The van der Waals surface area contributed by atoms with Crippen molar-refractivity contribution in [2.75, 3.05) is 17.6 Å². The van der Waals surface area contributed by atoms with E-state index in [1.54, 1.807) is 18.2 Å². The summed E-state index contributed by atoms with van der Waals surface area (Å²) in [4.78, 5) is 16.3. The molecule has 3 aliphatic heterocycles. The normalized spacial score (nSPS) is 20.3. The third kappa shape index (κ3) is 6.97. The maximum absolute atomic E-state index is 14.5. The molecular formula is C35H41N3O11S3. The highest BCUT2D eigenvalue weighted by atomic mass is 32.2. The quantitative estimate of drug-likeness (QED) is 0.119. The average molecular weight is 776 g/mol. The second kappa shape index (κ2) is 12.6. The number of carboxylic acids is 1. The van der Waals surface area contributed by atoms with Gasteiger partial charge in [0.2, 0.25) is 10.0 Å². The van der Waals surface area contributed by atoms with Crippen molar-refractivity contribution in [1.29, 1.82) is 0 Å². The Bertz CT molecular complexity index is 2510. The minimum absolute atomic E-state index is 0.0436. The summed E-state index contributed by atoms with van der Waals surface area (Å²) in [6.07, 6.45) is 0.834. The molecule has 3 aromatic carbocycles. The fraction of sp³-hybridized carbons (Fsp3) is 0.429. The molecule has 280 valence electrons. The number of carboxylic acid groups (broad SMARTS) is 1. The van der Waals surface area contributed by atoms with Crippen LogP contribution < -0.4 is 25.4 Å². The van der Waals surface area contributed by atoms with Gasteiger partial charge in [-0.25, -0.2) is 17.9 Å². The molecule has 52 heavy (non-hydrogen) atoms. The number of ether oxygens (including phenoxy) is 1. The molecule has 0 spiro atoms. The second-order valence-corrected chi connectivity index (χ2v) is 19.7. The highest BCUT2D eigenvalue weighted by Crippen LogP contribution is 2.51. The van der Waals surface area contributed by atoms with Crippen LogP contribution in [0.2, 0.25) is 0 Å². The van der Waals surface area contributed by atoms with Crippen LogP contribution in [0.25, 0.3) is 5.57 Å². The number of fused-ring (bicyclic) bond motifs is 4. The first-order chi connectivity index (χ1) is 23.9. The van der Waals surface area contributed by atoms with Crippen molar-refractivity contribution in [1.82, 2.24) is 4.72 Å². The van der Waals surface area contributed by atoms with Gasteiger partial charge < -0.3 is 15.2 Å². The van der Waals surface area contributed by atoms with Crippen LogP contribution in [0.15, 0.2) is 51.2 Å². The number of nitrogens with zero attached hydrogens (tertiary/aromatic N) is 1. The monoisotopic (exact) mass is 775 g/mol. The number of sulfonamides is 1. The highest BCUT2D eigenvalue weighted by molar-refractivity contribution is 7.89. The zero-order valence-electron chi connectivity index (χ0n) is 29.4. The lowest BCUT2D eigenvalue weighted by atomic mass is 9.79. The van der Waals surface area contributed by atoms with Gasteiger partial charge in [0.1, 0.15) is 4.90 Å². The van der Waals surface area contributed by atoms with Gasteiger partial charge in [0.25, 0.3) is 20.2 Å². The van der Waals surface area contributed by atoms with Gasteiger partial charge in [-0.2, -0.15) is 16.8 Å². The van der Waals surface area contributed by atoms with Gasteiger partial charge in [0.05, 0.1) is 27.9 Å². The Hall–Kier alpha value is -3.87. The van der Waals surface area contributed by atoms with Crippen LogP contribution in [0.4, 0.5) is 5.69 Å². The van der Waals surface area contributed by atoms with Crippen molar-refractivity contribution >= 4 is 47.5 Å². The average Bonchev–Trinajstić information content (AvgIpc) is 2.98. The number of anilines is 1. The molecule has 6 rings (SSSR count). The minimum Gasteiger partial charge on any atom is -0.478 e. The minimum atomic E-state index is -5.13. The highest BCUT2D eigenvalue weighted by Gasteiger charge is 2.42. The van der Waals surface area contributed by atoms with Gasteiger partial charge in [-0.3, -0.25) is 14.1 Å². The Kier molecular flexibility index (Phi) is 9.19. The van der Waals surface area contributed by atoms with Crippen LogP contribution in [0, 0.1) is 0 Å². The van der Waals surface area contributed by atoms with Crippen molar-refractivity contribution < 1.29 is 49.0 Å². The van der Waals surface area contributed by atoms with E-state index in [9.17, 15) is 44.3 Å². The van der Waals surface area contributed by atoms with Crippen LogP contribution in [0.1, 0.15) is 105 Å². The number of carbonyl (C=O) groups is 1. The summed E-state index contributed by atoms with van der Waals surface area (Å²) < 4.78 is 107. The largest absolute Gasteiger partial charge is 0.478 e. The predicted molar refractivity (Wildman–Crippen MR) is 193 cm³/mol. The first kappa shape index (κ1) is 37.9. The molecule has 5 N–H and O–H groups in total. The van der Waals surface area contributed by atoms with E-state index in [1.165, 1.54) is 18.2 Å². The number of rotatable bonds is 9. The maximum Gasteiger partial charge on any atom is 0.336 e. The molecule has 14 nitrogen and oxygen atoms in total. The Morgan fingerprint density at radius 3 is 2.21 bits per heavy atom. The summed E-state index contributed by atoms with van der Waals surface area (Å²) in [6.45, 7) is 10.8. The molecule has 17 heteroatoms. The summed E-state index contributed by atoms with van der Waals surface area (Å²) in [7, 11) is -14.2. The van der Waals surface area contributed by atoms with E-state index in [2.05, 4.69) is 10.0 Å². The third-order valence-electron chi connectivity index (χ3n) is 9.63. The van der Waals surface area contributed by atoms with Gasteiger partial charge in [-0.1, -0.05) is 32.0 Å². The number of benzene rings is 3. The Morgan fingerprint density at radius 1 is 0.923 bits per heavy atom. The lowest BCUT2D eigenvalue weighted by Gasteiger charge is -2.40. The van der Waals surface area contributed by atoms with E-state index in [-0.39, 0.29) is 62.5 Å². The summed E-state index contributed by atoms with van der Waals surface area (Å²) >= 11 is 0. The van der Waals surface area contributed by atoms with Crippen molar-refractivity contribution in [2.24, 2.45) is 4.99 Å². The molecule has 3 heterocycles. The van der Waals surface area contributed by atoms with Crippen LogP contribution in [-0.2, 0) is 30.3 Å². The summed E-state index contributed by atoms with van der Waals surface area (Å²) in [5.41, 5.74) is 0.130. The third-order valence-corrected chi connectivity index (χ3v) is 12.8. The molecule has 0 saturated carbocycles. The van der Waals surface area contributed by atoms with Crippen molar-refractivity contribution in [3.63, 3.8) is 0 Å². The zero-order valence-corrected chi connectivity index (χ0v) is 31.9. The molecular weight excluding hydrogens is 735 g/mol. The van der Waals surface area contributed by atoms with E-state index >= 15 is 0 Å². The molecule has 2 unspecified atom stereocenters. The molecule has 0 bridgehead atoms. The molecule has 3 aromatic rings. The summed E-state index contributed by atoms with van der Waals surface area (Å²) in [6, 6.07) is 9.43. The van der Waals surface area contributed by atoms with Crippen LogP contribution in [0.3, 0.4) is 0 Å². The number of aromatic carboxylic acids is 1. The van der Waals surface area contributed by atoms with Gasteiger partial charge in [-0.05, 0) is 93.7 Å². The summed E-state index contributed by atoms with van der Waals surface area (Å²) in [5, 5.41) is 13.7. The van der Waals surface area contributed by atoms with Crippen LogP contribution in [-0.4, -0.2) is 68.8 Å². The van der Waals surface area contributed by atoms with E-state index in [1.807, 2.05) is 41.5 Å². The number of hydrogen-bond donors (Lipinski definition) is 5. The lowest BCUT2D eigenvalue weighted by Crippen LogP contribution is -2.39. The zero-order chi connectivity index (χ0) is 38.3. The molecule has 0 amide bonds. The Labute approximate surface area is 302 Å². The second-order valence-electron chi connectivity index (χ2n) is 15.1. The van der Waals surface area contributed by atoms with Crippen LogP contribution >= 0.6 is 0 Å². The van der Waals surface area contributed by atoms with Crippen molar-refractivity contribution in [2.45, 2.75) is 93.5 Å². The maximum atomic E-state index is 14.5. The molecule has 2 atom stereocenters. The summed E-state index contributed by atoms with van der Waals surface area (Å²) in [5.74, 6) is -3.27. The topological polar surface area (TPSA) is 226 Å². The number of nitrogens with one attached hydrogen (secondary N) is 2. The number of hydrogen-bond acceptors (Lipinski definition) is 10. The fourth-order valence-corrected chi connectivity index (χ4v) is 10.5. The van der Waals surface area contributed by atoms with E-state index in [0.717, 1.165) is 0 Å². The first-order valence-electron chi connectivity index (χ1n) is 16.6. The SMILES string of the molecule is CC1CC(C)(C)Nc2c1cc1c(c2S(=O)(=O)NCCCS(=O)(=O)O)Oc2c(S(=O)(=O)O)c3c(cc2=C1c1ccccc1C(=O)O)C(C)CC(C)(C)N=3. The lowest BCUT2D eigenvalue weighted by molar-refractivity contribution is 0.0696. The van der Waals surface area contributed by atoms with E-state index < -0.39 is 75.1 Å². The Morgan fingerprint density at radius 2 is 1.58 bits per heavy atom. The van der Waals surface area contributed by atoms with Crippen molar-refractivity contribution in [3.05, 3.63) is 74.8 Å². The van der Waals surface area contributed by atoms with Gasteiger partial charge in [-0.15, -0.1) is 0 Å². The Balaban J connectivity index is 1.81. The molecule has 0 aromatic heterocycles. The van der Waals surface area contributed by atoms with Crippen molar-refractivity contribution in [3.8, 4) is 11.5 Å². The molecule has 0 radical (unpaired) electrons. The first-order valence-corrected chi connectivity index (χ1v) is 21.2. The molecule has 0 saturated heterocycles. The van der Waals surface area contributed by atoms with E-state index in [4.69, 9.17) is 9.73 Å². The smallest absolute Gasteiger partial charge is 0.336 e. The van der Waals surface area contributed by atoms with Gasteiger partial charge in [0, 0.05) is 28.4 Å². The van der Waals surface area contributed by atoms with E-state index in [0.29, 0.717) is 24.0 Å². The molecule has 3 aliphatic rings. The van der Waals surface area contributed by atoms with Gasteiger partial charge >= 0.3 is 5.97 Å². The standard InChI is InChI=1S/C35H41N3O11S3/c1-18-16-34(3,4)37-27-22(18)14-24-26(20-10-7-8-11-21(20)33(39)40)25-15-23-19(2)17-35(5,6)38-28(23)32(52(46,47)48)30(25)49-29(24)31(27)51(44,45)36-12-9-13-50(41,42)43/h7-8,10-11,14-15,18-19,36-37H,9,12-13,16-17H2,1-6H3,(H,39,40)(H,41,42,43)(H,46,47,48). The van der Waals surface area contributed by atoms with Crippen LogP contribution in [0.5, 0.6) is 11.5 Å². The molecule has 0 fully saturated rings. The fourth-order valence-electron chi connectivity index (χ4n) is 7.82.